The Morgan fingerprint density at radius 1 is 1.06 bits per heavy atom. The summed E-state index contributed by atoms with van der Waals surface area (Å²) in [4.78, 5) is 35.8. The van der Waals surface area contributed by atoms with Crippen LogP contribution in [-0.2, 0) is 29.1 Å². The molecule has 4 atom stereocenters. The second-order valence-corrected chi connectivity index (χ2v) is 8.95. The van der Waals surface area contributed by atoms with Gasteiger partial charge in [0.05, 0.1) is 18.4 Å². The van der Waals surface area contributed by atoms with E-state index in [0.717, 1.165) is 25.2 Å². The summed E-state index contributed by atoms with van der Waals surface area (Å²) in [5, 5.41) is 6.50. The van der Waals surface area contributed by atoms with Crippen LogP contribution >= 0.6 is 0 Å². The Balaban J connectivity index is 1.09. The van der Waals surface area contributed by atoms with Crippen molar-refractivity contribution >= 4 is 17.8 Å². The number of imide groups is 1. The van der Waals surface area contributed by atoms with Gasteiger partial charge in [0.15, 0.2) is 5.96 Å². The maximum Gasteiger partial charge on any atom is 0.233 e. The van der Waals surface area contributed by atoms with Gasteiger partial charge in [-0.1, -0.05) is 42.5 Å². The highest BCUT2D eigenvalue weighted by atomic mass is 16.2. The monoisotopic (exact) mass is 446 g/mol. The first kappa shape index (κ1) is 21.4. The maximum absolute atomic E-state index is 12.8. The van der Waals surface area contributed by atoms with E-state index in [4.69, 9.17) is 0 Å². The minimum absolute atomic E-state index is 0.00737. The number of amides is 2. The molecule has 2 amide bonds. The lowest BCUT2D eigenvalue weighted by atomic mass is 9.85. The van der Waals surface area contributed by atoms with Crippen molar-refractivity contribution in [3.05, 3.63) is 66.3 Å². The van der Waals surface area contributed by atoms with E-state index in [9.17, 15) is 9.59 Å². The molecule has 2 N–H and O–H groups in total. The average molecular weight is 447 g/mol. The van der Waals surface area contributed by atoms with E-state index in [0.29, 0.717) is 25.6 Å². The van der Waals surface area contributed by atoms with Crippen molar-refractivity contribution in [2.24, 2.45) is 28.7 Å². The molecule has 8 nitrogen and oxygen atoms in total. The smallest absolute Gasteiger partial charge is 0.233 e. The third-order valence-electron chi connectivity index (χ3n) is 7.11. The van der Waals surface area contributed by atoms with Gasteiger partial charge in [-0.3, -0.25) is 19.5 Å². The number of rotatable bonds is 8. The lowest BCUT2D eigenvalue weighted by molar-refractivity contribution is -0.140. The molecular formula is C25H30N6O2. The highest BCUT2D eigenvalue weighted by Crippen LogP contribution is 2.52. The molecular weight excluding hydrogens is 416 g/mol. The van der Waals surface area contributed by atoms with Crippen LogP contribution in [0.1, 0.15) is 17.8 Å². The number of aliphatic imine (C=N–C) groups is 1. The summed E-state index contributed by atoms with van der Waals surface area (Å²) in [5.74, 6) is 1.74. The number of aryl methyl sites for hydroxylation is 2. The second kappa shape index (κ2) is 9.21. The molecule has 3 aliphatic rings. The Morgan fingerprint density at radius 2 is 1.79 bits per heavy atom. The van der Waals surface area contributed by atoms with Gasteiger partial charge in [0.1, 0.15) is 5.82 Å². The number of allylic oxidation sites excluding steroid dienone is 2. The fourth-order valence-corrected chi connectivity index (χ4v) is 5.46. The molecule has 8 heteroatoms. The molecule has 1 aromatic carbocycles. The normalized spacial score (nSPS) is 25.7. The Hall–Kier alpha value is -3.42. The number of guanidine groups is 1. The summed E-state index contributed by atoms with van der Waals surface area (Å²) >= 11 is 0. The van der Waals surface area contributed by atoms with Crippen LogP contribution in [0.4, 0.5) is 0 Å². The Morgan fingerprint density at radius 3 is 2.48 bits per heavy atom. The van der Waals surface area contributed by atoms with Crippen LogP contribution in [0.3, 0.4) is 0 Å². The second-order valence-electron chi connectivity index (χ2n) is 8.95. The van der Waals surface area contributed by atoms with Crippen molar-refractivity contribution < 1.29 is 9.59 Å². The zero-order valence-electron chi connectivity index (χ0n) is 18.9. The van der Waals surface area contributed by atoms with Crippen LogP contribution in [0.25, 0.3) is 0 Å². The Bertz CT molecular complexity index is 1050. The number of nitrogens with one attached hydrogen (secondary N) is 2. The van der Waals surface area contributed by atoms with Gasteiger partial charge in [-0.15, -0.1) is 0 Å². The fourth-order valence-electron chi connectivity index (χ4n) is 5.46. The van der Waals surface area contributed by atoms with Crippen molar-refractivity contribution in [1.29, 1.82) is 0 Å². The van der Waals surface area contributed by atoms with Crippen molar-refractivity contribution in [2.75, 3.05) is 20.1 Å². The number of carbonyl (C=O) groups is 2. The van der Waals surface area contributed by atoms with E-state index in [1.54, 1.807) is 7.05 Å². The molecule has 2 fully saturated rings. The van der Waals surface area contributed by atoms with Crippen LogP contribution in [0.15, 0.2) is 59.9 Å². The minimum Gasteiger partial charge on any atom is -0.355 e. The maximum atomic E-state index is 12.8. The third-order valence-corrected chi connectivity index (χ3v) is 7.11. The number of benzene rings is 1. The molecule has 0 radical (unpaired) electrons. The summed E-state index contributed by atoms with van der Waals surface area (Å²) in [6.45, 7) is 2.20. The molecule has 4 unspecified atom stereocenters. The van der Waals surface area contributed by atoms with Gasteiger partial charge in [0.2, 0.25) is 11.8 Å². The first-order valence-electron chi connectivity index (χ1n) is 11.7. The van der Waals surface area contributed by atoms with Crippen LogP contribution in [0.5, 0.6) is 0 Å². The Kier molecular flexibility index (Phi) is 5.98. The van der Waals surface area contributed by atoms with Gasteiger partial charge in [0, 0.05) is 39.1 Å². The first-order valence-corrected chi connectivity index (χ1v) is 11.7. The van der Waals surface area contributed by atoms with E-state index < -0.39 is 0 Å². The van der Waals surface area contributed by atoms with E-state index in [1.165, 1.54) is 10.5 Å². The molecule has 1 aromatic heterocycles. The number of aromatic nitrogens is 2. The highest BCUT2D eigenvalue weighted by molar-refractivity contribution is 6.06. The topological polar surface area (TPSA) is 91.6 Å². The van der Waals surface area contributed by atoms with E-state index in [2.05, 4.69) is 61.6 Å². The number of hydrogen-bond acceptors (Lipinski definition) is 4. The average Bonchev–Trinajstić information content (AvgIpc) is 3.61. The zero-order valence-corrected chi connectivity index (χ0v) is 18.9. The summed E-state index contributed by atoms with van der Waals surface area (Å²) < 4.78 is 2.13. The molecule has 2 heterocycles. The molecule has 0 spiro atoms. The number of nitrogens with zero attached hydrogens (tertiary/aromatic N) is 4. The molecule has 33 heavy (non-hydrogen) atoms. The summed E-state index contributed by atoms with van der Waals surface area (Å²) in [7, 11) is 1.71. The number of fused-ring (bicyclic) bond motifs is 5. The molecule has 172 valence electrons. The molecule has 2 aromatic rings. The van der Waals surface area contributed by atoms with Gasteiger partial charge in [-0.25, -0.2) is 4.98 Å². The molecule has 2 bridgehead atoms. The van der Waals surface area contributed by atoms with Crippen LogP contribution in [0.2, 0.25) is 0 Å². The van der Waals surface area contributed by atoms with Gasteiger partial charge < -0.3 is 15.2 Å². The molecule has 5 rings (SSSR count). The molecule has 1 aliphatic heterocycles. The molecule has 2 aliphatic carbocycles. The van der Waals surface area contributed by atoms with Crippen molar-refractivity contribution in [3.8, 4) is 0 Å². The summed E-state index contributed by atoms with van der Waals surface area (Å²) in [5.41, 5.74) is 1.29. The van der Waals surface area contributed by atoms with E-state index >= 15 is 0 Å². The molecule has 1 saturated heterocycles. The van der Waals surface area contributed by atoms with Gasteiger partial charge in [-0.05, 0) is 30.2 Å². The predicted molar refractivity (Wildman–Crippen MR) is 125 cm³/mol. The van der Waals surface area contributed by atoms with Crippen LogP contribution in [-0.4, -0.2) is 52.4 Å². The van der Waals surface area contributed by atoms with Crippen molar-refractivity contribution in [2.45, 2.75) is 25.9 Å². The van der Waals surface area contributed by atoms with Crippen molar-refractivity contribution in [1.82, 2.24) is 25.1 Å². The van der Waals surface area contributed by atoms with E-state index in [-0.39, 0.29) is 35.5 Å². The number of imidazole rings is 1. The largest absolute Gasteiger partial charge is 0.355 e. The summed E-state index contributed by atoms with van der Waals surface area (Å²) in [6.07, 6.45) is 9.93. The third kappa shape index (κ3) is 4.17. The standard InChI is InChI=1S/C25H30N6O2/c1-26-25(29-16-20-27-10-13-30(20)12-9-17-5-3-2-4-6-17)28-11-14-31-23(32)21-18-7-8-19(15-18)22(21)24(31)33/h2-8,10,13,18-19,21-22H,9,11-12,14-16H2,1H3,(H2,26,28,29). The van der Waals surface area contributed by atoms with Gasteiger partial charge in [0.25, 0.3) is 0 Å². The van der Waals surface area contributed by atoms with Gasteiger partial charge in [-0.2, -0.15) is 0 Å². The SMILES string of the molecule is CN=C(NCCN1C(=O)C2C3C=CC(C3)C2C1=O)NCc1nccn1CCc1ccccc1. The first-order chi connectivity index (χ1) is 16.2. The lowest BCUT2D eigenvalue weighted by Crippen LogP contribution is -2.43. The predicted octanol–water partition coefficient (Wildman–Crippen LogP) is 1.60. The quantitative estimate of drug-likeness (QED) is 0.278. The lowest BCUT2D eigenvalue weighted by Gasteiger charge is -2.18. The van der Waals surface area contributed by atoms with E-state index in [1.807, 2.05) is 18.5 Å². The highest BCUT2D eigenvalue weighted by Gasteiger charge is 2.58. The number of carbonyl (C=O) groups excluding carboxylic acids is 2. The Labute approximate surface area is 193 Å². The van der Waals surface area contributed by atoms with Crippen LogP contribution < -0.4 is 10.6 Å². The molecule has 1 saturated carbocycles. The fraction of sp³-hybridized carbons (Fsp3) is 0.440. The van der Waals surface area contributed by atoms with Gasteiger partial charge >= 0.3 is 0 Å². The minimum atomic E-state index is -0.139. The number of hydrogen-bond donors (Lipinski definition) is 2. The van der Waals surface area contributed by atoms with Crippen LogP contribution in [0, 0.1) is 23.7 Å². The summed E-state index contributed by atoms with van der Waals surface area (Å²) in [6, 6.07) is 10.4. The van der Waals surface area contributed by atoms with Crippen molar-refractivity contribution in [3.63, 3.8) is 0 Å². The number of likely N-dealkylation sites (tertiary alicyclic amines) is 1. The zero-order chi connectivity index (χ0) is 22.8.